The van der Waals surface area contributed by atoms with Gasteiger partial charge in [-0.25, -0.2) is 0 Å². The number of rotatable bonds is 3. The smallest absolute Gasteiger partial charge is 0.234 e. The van der Waals surface area contributed by atoms with Gasteiger partial charge in [0, 0.05) is 0 Å². The Kier molecular flexibility index (Phi) is 2.84. The van der Waals surface area contributed by atoms with Crippen LogP contribution in [0.4, 0.5) is 0 Å². The van der Waals surface area contributed by atoms with Crippen molar-refractivity contribution in [3.8, 4) is 0 Å². The highest BCUT2D eigenvalue weighted by atomic mass is 16.5. The zero-order valence-electron chi connectivity index (χ0n) is 11.5. The standard InChI is InChI=1S/C16H19N3O/c17-14(11-8-9-11)15-18-16(20-19-15)13-7-3-5-10-4-1-2-6-12(10)13/h1-2,4,6,11,13-14H,3,5,7-9,17H2. The van der Waals surface area contributed by atoms with Crippen molar-refractivity contribution in [1.29, 1.82) is 0 Å². The van der Waals surface area contributed by atoms with Crippen molar-refractivity contribution in [2.45, 2.75) is 44.1 Å². The second-order valence-electron chi connectivity index (χ2n) is 6.00. The SMILES string of the molecule is NC(c1noc(C2CCCc3ccccc32)n1)C1CC1. The fraction of sp³-hybridized carbons (Fsp3) is 0.500. The zero-order chi connectivity index (χ0) is 13.5. The molecule has 0 bridgehead atoms. The summed E-state index contributed by atoms with van der Waals surface area (Å²) in [6.07, 6.45) is 5.79. The van der Waals surface area contributed by atoms with E-state index in [0.29, 0.717) is 11.7 Å². The monoisotopic (exact) mass is 269 g/mol. The fourth-order valence-corrected chi connectivity index (χ4v) is 3.20. The lowest BCUT2D eigenvalue weighted by Gasteiger charge is -2.22. The van der Waals surface area contributed by atoms with Gasteiger partial charge in [-0.2, -0.15) is 4.98 Å². The summed E-state index contributed by atoms with van der Waals surface area (Å²) in [6, 6.07) is 8.53. The summed E-state index contributed by atoms with van der Waals surface area (Å²) in [5.74, 6) is 2.22. The van der Waals surface area contributed by atoms with E-state index in [2.05, 4.69) is 34.4 Å². The molecule has 0 spiro atoms. The van der Waals surface area contributed by atoms with E-state index in [0.717, 1.165) is 18.7 Å². The minimum atomic E-state index is -0.0497. The molecule has 104 valence electrons. The average Bonchev–Trinajstić information content (AvgIpc) is 3.23. The molecule has 2 aliphatic rings. The van der Waals surface area contributed by atoms with Gasteiger partial charge in [-0.15, -0.1) is 0 Å². The maximum Gasteiger partial charge on any atom is 0.234 e. The molecule has 4 nitrogen and oxygen atoms in total. The molecule has 4 heteroatoms. The Morgan fingerprint density at radius 2 is 2.05 bits per heavy atom. The highest BCUT2D eigenvalue weighted by Gasteiger charge is 2.34. The van der Waals surface area contributed by atoms with Crippen LogP contribution in [0.3, 0.4) is 0 Å². The molecule has 0 radical (unpaired) electrons. The Morgan fingerprint density at radius 1 is 1.20 bits per heavy atom. The molecule has 1 aromatic heterocycles. The number of aromatic nitrogens is 2. The molecule has 2 unspecified atom stereocenters. The summed E-state index contributed by atoms with van der Waals surface area (Å²) in [5.41, 5.74) is 8.91. The first-order chi connectivity index (χ1) is 9.83. The van der Waals surface area contributed by atoms with Gasteiger partial charge < -0.3 is 10.3 Å². The maximum absolute atomic E-state index is 6.15. The van der Waals surface area contributed by atoms with Crippen LogP contribution in [0.25, 0.3) is 0 Å². The Morgan fingerprint density at radius 3 is 2.90 bits per heavy atom. The molecule has 0 aliphatic heterocycles. The van der Waals surface area contributed by atoms with Gasteiger partial charge >= 0.3 is 0 Å². The Bertz CT molecular complexity index is 618. The zero-order valence-corrected chi connectivity index (χ0v) is 11.5. The normalized spacial score (nSPS) is 23.4. The van der Waals surface area contributed by atoms with E-state index in [4.69, 9.17) is 10.3 Å². The van der Waals surface area contributed by atoms with Crippen LogP contribution >= 0.6 is 0 Å². The maximum atomic E-state index is 6.15. The Hall–Kier alpha value is -1.68. The van der Waals surface area contributed by atoms with E-state index >= 15 is 0 Å². The second kappa shape index (κ2) is 4.70. The first-order valence-corrected chi connectivity index (χ1v) is 7.50. The quantitative estimate of drug-likeness (QED) is 0.930. The molecule has 0 amide bonds. The molecule has 2 atom stereocenters. The van der Waals surface area contributed by atoms with Crippen molar-refractivity contribution in [2.24, 2.45) is 11.7 Å². The summed E-state index contributed by atoms with van der Waals surface area (Å²) in [6.45, 7) is 0. The Balaban J connectivity index is 1.65. The molecule has 20 heavy (non-hydrogen) atoms. The van der Waals surface area contributed by atoms with Gasteiger partial charge in [0.15, 0.2) is 5.82 Å². The molecule has 1 fully saturated rings. The van der Waals surface area contributed by atoms with Gasteiger partial charge in [-0.3, -0.25) is 0 Å². The van der Waals surface area contributed by atoms with Crippen LogP contribution in [-0.2, 0) is 6.42 Å². The molecule has 1 saturated carbocycles. The van der Waals surface area contributed by atoms with Crippen LogP contribution in [-0.4, -0.2) is 10.1 Å². The second-order valence-corrected chi connectivity index (χ2v) is 6.00. The largest absolute Gasteiger partial charge is 0.339 e. The summed E-state index contributed by atoms with van der Waals surface area (Å²) >= 11 is 0. The van der Waals surface area contributed by atoms with Gasteiger partial charge in [0.1, 0.15) is 0 Å². The number of nitrogens with two attached hydrogens (primary N) is 1. The number of hydrogen-bond donors (Lipinski definition) is 1. The molecule has 2 N–H and O–H groups in total. The van der Waals surface area contributed by atoms with Crippen LogP contribution in [0.15, 0.2) is 28.8 Å². The van der Waals surface area contributed by atoms with Crippen molar-refractivity contribution in [2.75, 3.05) is 0 Å². The third-order valence-electron chi connectivity index (χ3n) is 4.55. The predicted octanol–water partition coefficient (Wildman–Crippen LogP) is 2.95. The molecule has 2 aromatic rings. The van der Waals surface area contributed by atoms with Crippen LogP contribution in [0.2, 0.25) is 0 Å². The topological polar surface area (TPSA) is 64.9 Å². The van der Waals surface area contributed by atoms with Crippen molar-refractivity contribution >= 4 is 0 Å². The van der Waals surface area contributed by atoms with Crippen LogP contribution < -0.4 is 5.73 Å². The average molecular weight is 269 g/mol. The number of benzene rings is 1. The number of hydrogen-bond acceptors (Lipinski definition) is 4. The van der Waals surface area contributed by atoms with Gasteiger partial charge in [0.05, 0.1) is 12.0 Å². The number of fused-ring (bicyclic) bond motifs is 1. The Labute approximate surface area is 118 Å². The van der Waals surface area contributed by atoms with E-state index in [1.165, 1.54) is 30.4 Å². The van der Waals surface area contributed by atoms with Crippen molar-refractivity contribution in [3.63, 3.8) is 0 Å². The summed E-state index contributed by atoms with van der Waals surface area (Å²) in [7, 11) is 0. The van der Waals surface area contributed by atoms with E-state index in [9.17, 15) is 0 Å². The highest BCUT2D eigenvalue weighted by molar-refractivity contribution is 5.35. The van der Waals surface area contributed by atoms with E-state index in [-0.39, 0.29) is 12.0 Å². The fourth-order valence-electron chi connectivity index (χ4n) is 3.20. The van der Waals surface area contributed by atoms with E-state index in [1.807, 2.05) is 0 Å². The molecule has 2 aliphatic carbocycles. The molecule has 1 aromatic carbocycles. The lowest BCUT2D eigenvalue weighted by Crippen LogP contribution is -2.15. The lowest BCUT2D eigenvalue weighted by atomic mass is 9.83. The first-order valence-electron chi connectivity index (χ1n) is 7.50. The molecule has 4 rings (SSSR count). The minimum absolute atomic E-state index is 0.0497. The highest BCUT2D eigenvalue weighted by Crippen LogP contribution is 2.40. The predicted molar refractivity (Wildman–Crippen MR) is 75.2 cm³/mol. The summed E-state index contributed by atoms with van der Waals surface area (Å²) in [4.78, 5) is 4.59. The van der Waals surface area contributed by atoms with Crippen molar-refractivity contribution in [1.82, 2.24) is 10.1 Å². The van der Waals surface area contributed by atoms with Gasteiger partial charge in [0.25, 0.3) is 0 Å². The molecule has 0 saturated heterocycles. The van der Waals surface area contributed by atoms with Crippen molar-refractivity contribution < 1.29 is 4.52 Å². The third kappa shape index (κ3) is 2.04. The molecule has 1 heterocycles. The lowest BCUT2D eigenvalue weighted by molar-refractivity contribution is 0.347. The van der Waals surface area contributed by atoms with Crippen molar-refractivity contribution in [3.05, 3.63) is 47.1 Å². The number of aryl methyl sites for hydroxylation is 1. The van der Waals surface area contributed by atoms with Gasteiger partial charge in [-0.1, -0.05) is 29.4 Å². The number of nitrogens with zero attached hydrogens (tertiary/aromatic N) is 2. The van der Waals surface area contributed by atoms with Crippen LogP contribution in [0, 0.1) is 5.92 Å². The van der Waals surface area contributed by atoms with E-state index in [1.54, 1.807) is 0 Å². The summed E-state index contributed by atoms with van der Waals surface area (Å²) < 4.78 is 5.52. The molecular formula is C16H19N3O. The minimum Gasteiger partial charge on any atom is -0.339 e. The molecular weight excluding hydrogens is 250 g/mol. The van der Waals surface area contributed by atoms with E-state index < -0.39 is 0 Å². The summed E-state index contributed by atoms with van der Waals surface area (Å²) in [5, 5.41) is 4.11. The third-order valence-corrected chi connectivity index (χ3v) is 4.55. The van der Waals surface area contributed by atoms with Gasteiger partial charge in [-0.05, 0) is 49.1 Å². The van der Waals surface area contributed by atoms with Crippen LogP contribution in [0.5, 0.6) is 0 Å². The van der Waals surface area contributed by atoms with Crippen LogP contribution in [0.1, 0.15) is 60.5 Å². The van der Waals surface area contributed by atoms with Gasteiger partial charge in [0.2, 0.25) is 5.89 Å². The first kappa shape index (κ1) is 12.1.